The highest BCUT2D eigenvalue weighted by Crippen LogP contribution is 2.09. The highest BCUT2D eigenvalue weighted by Gasteiger charge is 2.02. The second-order valence-corrected chi connectivity index (χ2v) is 3.70. The summed E-state index contributed by atoms with van der Waals surface area (Å²) in [6.07, 6.45) is 7.68. The molecule has 16 heavy (non-hydrogen) atoms. The van der Waals surface area contributed by atoms with Gasteiger partial charge in [0, 0.05) is 10.2 Å². The zero-order valence-electron chi connectivity index (χ0n) is 8.29. The normalized spacial score (nSPS) is 12.6. The van der Waals surface area contributed by atoms with Crippen LogP contribution in [0.5, 0.6) is 0 Å². The molecule has 0 aliphatic heterocycles. The van der Waals surface area contributed by atoms with E-state index < -0.39 is 0 Å². The van der Waals surface area contributed by atoms with E-state index in [-0.39, 0.29) is 0 Å². The summed E-state index contributed by atoms with van der Waals surface area (Å²) >= 11 is 6.10. The molecule has 1 aromatic rings. The molecule has 0 atom stereocenters. The number of allylic oxidation sites excluding steroid dienone is 4. The SMILES string of the molecule is N#Cc1cc(=C2C=CC=C2)c(Cl)cc1=C=N. The van der Waals surface area contributed by atoms with Crippen molar-refractivity contribution in [2.45, 2.75) is 0 Å². The smallest absolute Gasteiger partial charge is 0.100 e. The Morgan fingerprint density at radius 2 is 1.88 bits per heavy atom. The van der Waals surface area contributed by atoms with Gasteiger partial charge in [0.25, 0.3) is 0 Å². The van der Waals surface area contributed by atoms with Crippen LogP contribution in [0.3, 0.4) is 0 Å². The molecule has 76 valence electrons. The molecule has 2 rings (SSSR count). The predicted octanol–water partition coefficient (Wildman–Crippen LogP) is 1.41. The Morgan fingerprint density at radius 1 is 1.19 bits per heavy atom. The summed E-state index contributed by atoms with van der Waals surface area (Å²) in [6.45, 7) is 0. The Bertz CT molecular complexity index is 670. The molecule has 1 N–H and O–H groups in total. The van der Waals surface area contributed by atoms with Crippen LogP contribution in [0.4, 0.5) is 0 Å². The fraction of sp³-hybridized carbons (Fsp3) is 0. The minimum absolute atomic E-state index is 0.413. The van der Waals surface area contributed by atoms with Crippen molar-refractivity contribution in [3.63, 3.8) is 0 Å². The van der Waals surface area contributed by atoms with Crippen molar-refractivity contribution in [3.05, 3.63) is 57.5 Å². The number of rotatable bonds is 0. The van der Waals surface area contributed by atoms with E-state index in [9.17, 15) is 0 Å². The second-order valence-electron chi connectivity index (χ2n) is 3.29. The van der Waals surface area contributed by atoms with E-state index in [1.165, 1.54) is 0 Å². The van der Waals surface area contributed by atoms with Gasteiger partial charge >= 0.3 is 0 Å². The number of nitrogens with zero attached hydrogens (tertiary/aromatic N) is 1. The summed E-state index contributed by atoms with van der Waals surface area (Å²) < 4.78 is 0. The number of nitriles is 1. The van der Waals surface area contributed by atoms with Crippen LogP contribution < -0.4 is 10.4 Å². The molecule has 1 aliphatic carbocycles. The first kappa shape index (κ1) is 10.4. The van der Waals surface area contributed by atoms with Crippen LogP contribution in [0.15, 0.2) is 36.4 Å². The lowest BCUT2D eigenvalue weighted by molar-refractivity contribution is 1.42. The maximum Gasteiger partial charge on any atom is 0.100 e. The molecule has 2 nitrogen and oxygen atoms in total. The van der Waals surface area contributed by atoms with Gasteiger partial charge in [-0.15, -0.1) is 0 Å². The Morgan fingerprint density at radius 3 is 2.44 bits per heavy atom. The predicted molar refractivity (Wildman–Crippen MR) is 63.9 cm³/mol. The number of halogens is 1. The number of nitrogens with one attached hydrogen (secondary N) is 1. The quantitative estimate of drug-likeness (QED) is 0.668. The van der Waals surface area contributed by atoms with Crippen molar-refractivity contribution in [1.82, 2.24) is 0 Å². The van der Waals surface area contributed by atoms with Crippen molar-refractivity contribution >= 4 is 23.0 Å². The highest BCUT2D eigenvalue weighted by molar-refractivity contribution is 6.31. The maximum atomic E-state index is 8.95. The highest BCUT2D eigenvalue weighted by atomic mass is 35.5. The minimum Gasteiger partial charge on any atom is -0.258 e. The van der Waals surface area contributed by atoms with Crippen LogP contribution in [-0.2, 0) is 0 Å². The lowest BCUT2D eigenvalue weighted by Crippen LogP contribution is -2.16. The number of hydrogen-bond donors (Lipinski definition) is 1. The fourth-order valence-electron chi connectivity index (χ4n) is 1.54. The van der Waals surface area contributed by atoms with Gasteiger partial charge in [0.15, 0.2) is 0 Å². The third-order valence-electron chi connectivity index (χ3n) is 2.34. The first-order valence-electron chi connectivity index (χ1n) is 4.64. The van der Waals surface area contributed by atoms with Gasteiger partial charge < -0.3 is 0 Å². The molecule has 0 radical (unpaired) electrons. The molecule has 0 aromatic heterocycles. The summed E-state index contributed by atoms with van der Waals surface area (Å²) in [7, 11) is 0. The van der Waals surface area contributed by atoms with Gasteiger partial charge in [-0.1, -0.05) is 35.9 Å². The van der Waals surface area contributed by atoms with Gasteiger partial charge in [0.05, 0.1) is 10.8 Å². The lowest BCUT2D eigenvalue weighted by atomic mass is 10.1. The molecular formula is C13H7ClN2. The largest absolute Gasteiger partial charge is 0.258 e. The van der Waals surface area contributed by atoms with Crippen molar-refractivity contribution < 1.29 is 0 Å². The number of benzene rings is 1. The van der Waals surface area contributed by atoms with Crippen LogP contribution in [-0.4, -0.2) is 5.87 Å². The van der Waals surface area contributed by atoms with Crippen LogP contribution >= 0.6 is 11.6 Å². The molecular weight excluding hydrogens is 220 g/mol. The van der Waals surface area contributed by atoms with E-state index >= 15 is 0 Å². The van der Waals surface area contributed by atoms with E-state index in [4.69, 9.17) is 22.3 Å². The molecule has 0 amide bonds. The Kier molecular flexibility index (Phi) is 2.74. The minimum atomic E-state index is 0.413. The standard InChI is InChI=1S/C13H7ClN2/c14-13-6-11(8-16)10(7-15)5-12(13)9-3-1-2-4-9/h1-6,16H. The lowest BCUT2D eigenvalue weighted by Gasteiger charge is -1.97. The average molecular weight is 227 g/mol. The fourth-order valence-corrected chi connectivity index (χ4v) is 1.82. The summed E-state index contributed by atoms with van der Waals surface area (Å²) in [5.74, 6) is 2.20. The molecule has 0 saturated carbocycles. The van der Waals surface area contributed by atoms with E-state index in [0.717, 1.165) is 10.8 Å². The molecule has 3 heteroatoms. The molecule has 0 saturated heterocycles. The summed E-state index contributed by atoms with van der Waals surface area (Å²) in [5, 5.41) is 17.8. The van der Waals surface area contributed by atoms with Gasteiger partial charge in [-0.2, -0.15) is 5.26 Å². The number of hydrogen-bond acceptors (Lipinski definition) is 2. The third-order valence-corrected chi connectivity index (χ3v) is 2.65. The van der Waals surface area contributed by atoms with E-state index in [0.29, 0.717) is 15.8 Å². The molecule has 0 bridgehead atoms. The van der Waals surface area contributed by atoms with Crippen molar-refractivity contribution in [3.8, 4) is 6.07 Å². The van der Waals surface area contributed by atoms with Crippen molar-refractivity contribution in [2.75, 3.05) is 0 Å². The molecule has 0 unspecified atom stereocenters. The zero-order chi connectivity index (χ0) is 11.5. The summed E-state index contributed by atoms with van der Waals surface area (Å²) in [5.41, 5.74) is 1.38. The van der Waals surface area contributed by atoms with Crippen molar-refractivity contribution in [2.24, 2.45) is 0 Å². The summed E-state index contributed by atoms with van der Waals surface area (Å²) in [6, 6.07) is 5.32. The molecule has 1 aliphatic rings. The van der Waals surface area contributed by atoms with Crippen LogP contribution in [0.1, 0.15) is 5.56 Å². The van der Waals surface area contributed by atoms with Gasteiger partial charge in [0.2, 0.25) is 0 Å². The summed E-state index contributed by atoms with van der Waals surface area (Å²) in [4.78, 5) is 0. The molecule has 1 aromatic carbocycles. The average Bonchev–Trinajstić information content (AvgIpc) is 2.82. The van der Waals surface area contributed by atoms with Crippen LogP contribution in [0, 0.1) is 16.7 Å². The van der Waals surface area contributed by atoms with Gasteiger partial charge in [-0.25, -0.2) is 0 Å². The van der Waals surface area contributed by atoms with Crippen molar-refractivity contribution in [1.29, 1.82) is 10.7 Å². The zero-order valence-corrected chi connectivity index (χ0v) is 9.05. The Balaban J connectivity index is 2.92. The second kappa shape index (κ2) is 4.20. The van der Waals surface area contributed by atoms with E-state index in [2.05, 4.69) is 5.87 Å². The Labute approximate surface area is 97.6 Å². The first-order chi connectivity index (χ1) is 7.76. The monoisotopic (exact) mass is 226 g/mol. The Hall–Kier alpha value is -2.07. The molecule has 0 spiro atoms. The maximum absolute atomic E-state index is 8.95. The van der Waals surface area contributed by atoms with Gasteiger partial charge in [-0.05, 0) is 23.6 Å². The van der Waals surface area contributed by atoms with E-state index in [1.54, 1.807) is 12.1 Å². The van der Waals surface area contributed by atoms with Crippen LogP contribution in [0.2, 0.25) is 5.02 Å². The molecule has 0 fully saturated rings. The third kappa shape index (κ3) is 1.70. The first-order valence-corrected chi connectivity index (χ1v) is 5.02. The van der Waals surface area contributed by atoms with Gasteiger partial charge in [0.1, 0.15) is 6.07 Å². The molecule has 0 heterocycles. The van der Waals surface area contributed by atoms with Crippen LogP contribution in [0.25, 0.3) is 5.57 Å². The van der Waals surface area contributed by atoms with Gasteiger partial charge in [-0.3, -0.25) is 5.41 Å². The van der Waals surface area contributed by atoms with E-state index in [1.807, 2.05) is 30.4 Å². The topological polar surface area (TPSA) is 47.6 Å².